The predicted octanol–water partition coefficient (Wildman–Crippen LogP) is 2.81. The lowest BCUT2D eigenvalue weighted by Gasteiger charge is -2.27. The lowest BCUT2D eigenvalue weighted by molar-refractivity contribution is 0.348. The van der Waals surface area contributed by atoms with E-state index in [1.807, 2.05) is 13.0 Å². The number of nitrogens with zero attached hydrogens (tertiary/aromatic N) is 1. The zero-order valence-corrected chi connectivity index (χ0v) is 10.7. The number of aromatic hydroxyl groups is 1. The Bertz CT molecular complexity index is 498. The van der Waals surface area contributed by atoms with Crippen molar-refractivity contribution in [2.75, 3.05) is 7.11 Å². The molecule has 4 heteroatoms. The second-order valence-corrected chi connectivity index (χ2v) is 4.75. The van der Waals surface area contributed by atoms with E-state index in [9.17, 15) is 9.90 Å². The van der Waals surface area contributed by atoms with Crippen molar-refractivity contribution in [2.24, 2.45) is 4.99 Å². The van der Waals surface area contributed by atoms with E-state index in [4.69, 9.17) is 4.74 Å². The number of carbonyl (C=O) groups excluding carboxylic acids is 1. The van der Waals surface area contributed by atoms with E-state index in [0.29, 0.717) is 5.75 Å². The molecule has 0 atom stereocenters. The van der Waals surface area contributed by atoms with Crippen molar-refractivity contribution >= 4 is 6.08 Å². The lowest BCUT2D eigenvalue weighted by atomic mass is 9.85. The Kier molecular flexibility index (Phi) is 3.39. The second-order valence-electron chi connectivity index (χ2n) is 4.75. The molecular formula is C14H17NO3. The Labute approximate surface area is 106 Å². The number of hydrogen-bond acceptors (Lipinski definition) is 4. The van der Waals surface area contributed by atoms with Crippen molar-refractivity contribution in [3.63, 3.8) is 0 Å². The average Bonchev–Trinajstić information content (AvgIpc) is 2.81. The summed E-state index contributed by atoms with van der Waals surface area (Å²) >= 11 is 0. The first-order valence-corrected chi connectivity index (χ1v) is 6.11. The molecule has 0 heterocycles. The van der Waals surface area contributed by atoms with Gasteiger partial charge in [0.15, 0.2) is 11.5 Å². The summed E-state index contributed by atoms with van der Waals surface area (Å²) in [5, 5.41) is 9.89. The molecule has 0 radical (unpaired) electrons. The summed E-state index contributed by atoms with van der Waals surface area (Å²) in [5.74, 6) is 0.515. The molecule has 0 amide bonds. The maximum Gasteiger partial charge on any atom is 0.235 e. The summed E-state index contributed by atoms with van der Waals surface area (Å²) in [6.07, 6.45) is 5.31. The molecule has 1 saturated carbocycles. The molecule has 0 spiro atoms. The first kappa shape index (κ1) is 12.7. The Hall–Kier alpha value is -1.80. The van der Waals surface area contributed by atoms with E-state index >= 15 is 0 Å². The fourth-order valence-corrected chi connectivity index (χ4v) is 2.92. The van der Waals surface area contributed by atoms with Gasteiger partial charge in [-0.15, -0.1) is 0 Å². The third-order valence-electron chi connectivity index (χ3n) is 3.71. The third kappa shape index (κ3) is 1.89. The van der Waals surface area contributed by atoms with Gasteiger partial charge < -0.3 is 9.84 Å². The molecule has 0 saturated heterocycles. The minimum atomic E-state index is -0.573. The summed E-state index contributed by atoms with van der Waals surface area (Å²) in [5.41, 5.74) is 1.23. The van der Waals surface area contributed by atoms with Crippen molar-refractivity contribution < 1.29 is 14.6 Å². The van der Waals surface area contributed by atoms with Gasteiger partial charge >= 0.3 is 0 Å². The summed E-state index contributed by atoms with van der Waals surface area (Å²) in [6.45, 7) is 1.94. The summed E-state index contributed by atoms with van der Waals surface area (Å²) in [4.78, 5) is 14.8. The lowest BCUT2D eigenvalue weighted by Crippen LogP contribution is -2.21. The van der Waals surface area contributed by atoms with Crippen molar-refractivity contribution in [3.8, 4) is 11.5 Å². The highest BCUT2D eigenvalue weighted by atomic mass is 16.5. The fraction of sp³-hybridized carbons (Fsp3) is 0.500. The highest BCUT2D eigenvalue weighted by molar-refractivity contribution is 5.55. The minimum absolute atomic E-state index is 0.0884. The van der Waals surface area contributed by atoms with E-state index in [1.54, 1.807) is 12.1 Å². The van der Waals surface area contributed by atoms with Crippen LogP contribution in [0.1, 0.15) is 36.8 Å². The molecule has 1 aromatic carbocycles. The largest absolute Gasteiger partial charge is 0.504 e. The normalized spacial score (nSPS) is 17.2. The number of benzene rings is 1. The predicted molar refractivity (Wildman–Crippen MR) is 67.7 cm³/mol. The minimum Gasteiger partial charge on any atom is -0.504 e. The van der Waals surface area contributed by atoms with Crippen LogP contribution in [0, 0.1) is 6.92 Å². The van der Waals surface area contributed by atoms with Crippen LogP contribution in [0.4, 0.5) is 0 Å². The number of hydrogen-bond donors (Lipinski definition) is 1. The SMILES string of the molecule is COc1c(O)ccc(C)c1C1(N=C=O)CCCC1. The van der Waals surface area contributed by atoms with Crippen LogP contribution in [0.25, 0.3) is 0 Å². The quantitative estimate of drug-likeness (QED) is 0.660. The van der Waals surface area contributed by atoms with E-state index in [-0.39, 0.29) is 5.75 Å². The number of rotatable bonds is 3. The fourth-order valence-electron chi connectivity index (χ4n) is 2.92. The standard InChI is InChI=1S/C14H17NO3/c1-10-5-6-11(17)13(18-2)12(10)14(15-9-16)7-3-4-8-14/h5-6,17H,3-4,7-8H2,1-2H3. The summed E-state index contributed by atoms with van der Waals surface area (Å²) < 4.78 is 5.30. The molecule has 1 aliphatic carbocycles. The molecular weight excluding hydrogens is 230 g/mol. The van der Waals surface area contributed by atoms with Gasteiger partial charge in [-0.3, -0.25) is 0 Å². The van der Waals surface area contributed by atoms with Gasteiger partial charge in [-0.25, -0.2) is 4.79 Å². The molecule has 96 valence electrons. The van der Waals surface area contributed by atoms with Crippen molar-refractivity contribution in [3.05, 3.63) is 23.3 Å². The van der Waals surface area contributed by atoms with Crippen molar-refractivity contribution in [1.82, 2.24) is 0 Å². The molecule has 1 N–H and O–H groups in total. The molecule has 1 aliphatic rings. The van der Waals surface area contributed by atoms with Gasteiger partial charge in [-0.2, -0.15) is 4.99 Å². The van der Waals surface area contributed by atoms with Crippen LogP contribution in [-0.2, 0) is 10.3 Å². The molecule has 0 bridgehead atoms. The van der Waals surface area contributed by atoms with Crippen molar-refractivity contribution in [1.29, 1.82) is 0 Å². The first-order valence-electron chi connectivity index (χ1n) is 6.11. The Morgan fingerprint density at radius 2 is 2.06 bits per heavy atom. The molecule has 2 rings (SSSR count). The zero-order valence-electron chi connectivity index (χ0n) is 10.7. The van der Waals surface area contributed by atoms with Gasteiger partial charge in [0.2, 0.25) is 6.08 Å². The van der Waals surface area contributed by atoms with Crippen LogP contribution in [-0.4, -0.2) is 18.3 Å². The van der Waals surface area contributed by atoms with Crippen LogP contribution in [0.5, 0.6) is 11.5 Å². The topological polar surface area (TPSA) is 58.9 Å². The van der Waals surface area contributed by atoms with Crippen molar-refractivity contribution in [2.45, 2.75) is 38.1 Å². The zero-order chi connectivity index (χ0) is 13.2. The third-order valence-corrected chi connectivity index (χ3v) is 3.71. The number of methoxy groups -OCH3 is 1. The van der Waals surface area contributed by atoms with E-state index in [1.165, 1.54) is 7.11 Å². The van der Waals surface area contributed by atoms with Crippen LogP contribution in [0.3, 0.4) is 0 Å². The van der Waals surface area contributed by atoms with Gasteiger partial charge in [0.25, 0.3) is 0 Å². The molecule has 1 fully saturated rings. The molecule has 4 nitrogen and oxygen atoms in total. The second kappa shape index (κ2) is 4.83. The van der Waals surface area contributed by atoms with Gasteiger partial charge in [0.05, 0.1) is 7.11 Å². The van der Waals surface area contributed by atoms with Gasteiger partial charge in [-0.05, 0) is 31.4 Å². The molecule has 0 aliphatic heterocycles. The van der Waals surface area contributed by atoms with Crippen LogP contribution in [0.2, 0.25) is 0 Å². The van der Waals surface area contributed by atoms with E-state index in [2.05, 4.69) is 4.99 Å². The Morgan fingerprint density at radius 3 is 2.61 bits per heavy atom. The Balaban J connectivity index is 2.68. The van der Waals surface area contributed by atoms with Gasteiger partial charge in [0.1, 0.15) is 5.54 Å². The number of ether oxygens (including phenoxy) is 1. The number of aryl methyl sites for hydroxylation is 1. The van der Waals surface area contributed by atoms with Gasteiger partial charge in [-0.1, -0.05) is 18.9 Å². The maximum absolute atomic E-state index is 10.7. The number of phenolic OH excluding ortho intramolecular Hbond substituents is 1. The smallest absolute Gasteiger partial charge is 0.235 e. The maximum atomic E-state index is 10.7. The molecule has 1 aromatic rings. The summed E-state index contributed by atoms with van der Waals surface area (Å²) in [7, 11) is 1.52. The highest BCUT2D eigenvalue weighted by Gasteiger charge is 2.40. The number of phenols is 1. The monoisotopic (exact) mass is 247 g/mol. The summed E-state index contributed by atoms with van der Waals surface area (Å²) in [6, 6.07) is 3.43. The average molecular weight is 247 g/mol. The van der Waals surface area contributed by atoms with Crippen LogP contribution >= 0.6 is 0 Å². The van der Waals surface area contributed by atoms with E-state index < -0.39 is 5.54 Å². The van der Waals surface area contributed by atoms with Crippen LogP contribution < -0.4 is 4.74 Å². The Morgan fingerprint density at radius 1 is 1.39 bits per heavy atom. The molecule has 0 aromatic heterocycles. The number of isocyanates is 1. The van der Waals surface area contributed by atoms with Crippen LogP contribution in [0.15, 0.2) is 17.1 Å². The van der Waals surface area contributed by atoms with Gasteiger partial charge in [0, 0.05) is 5.56 Å². The first-order chi connectivity index (χ1) is 8.64. The molecule has 18 heavy (non-hydrogen) atoms. The molecule has 0 unspecified atom stereocenters. The highest BCUT2D eigenvalue weighted by Crippen LogP contribution is 2.49. The van der Waals surface area contributed by atoms with E-state index in [0.717, 1.165) is 36.8 Å². The number of aliphatic imine (C=N–C) groups is 1.